The van der Waals surface area contributed by atoms with Gasteiger partial charge in [0.1, 0.15) is 5.82 Å². The molecular weight excluding hydrogens is 177 g/mol. The maximum Gasteiger partial charge on any atom is 0.142 e. The minimum atomic E-state index is -0.300. The third kappa shape index (κ3) is 1.64. The summed E-state index contributed by atoms with van der Waals surface area (Å²) in [6, 6.07) is 9.36. The number of hydrogen-bond donors (Lipinski definition) is 0. The van der Waals surface area contributed by atoms with Crippen LogP contribution in [0.15, 0.2) is 42.7 Å². The molecule has 0 saturated carbocycles. The number of rotatable bonds is 1. The van der Waals surface area contributed by atoms with Gasteiger partial charge in [0.15, 0.2) is 0 Å². The van der Waals surface area contributed by atoms with Crippen LogP contribution in [0.3, 0.4) is 0 Å². The Labute approximate surface area is 82.2 Å². The second kappa shape index (κ2) is 3.58. The first-order chi connectivity index (χ1) is 6.77. The molecule has 14 heavy (non-hydrogen) atoms. The molecule has 1 nitrogen and oxygen atoms in total. The van der Waals surface area contributed by atoms with Crippen molar-refractivity contribution in [2.75, 3.05) is 0 Å². The molecule has 2 aromatic rings. The molecule has 0 atom stereocenters. The number of pyridine rings is 1. The number of nitrogens with zero attached hydrogens (tertiary/aromatic N) is 1. The molecular formula is C12H10FN. The van der Waals surface area contributed by atoms with E-state index in [4.69, 9.17) is 0 Å². The third-order valence-corrected chi connectivity index (χ3v) is 2.16. The van der Waals surface area contributed by atoms with Crippen molar-refractivity contribution in [1.82, 2.24) is 4.98 Å². The van der Waals surface area contributed by atoms with Crippen LogP contribution in [0.25, 0.3) is 11.1 Å². The lowest BCUT2D eigenvalue weighted by Crippen LogP contribution is -1.85. The van der Waals surface area contributed by atoms with Crippen molar-refractivity contribution < 1.29 is 4.39 Å². The Morgan fingerprint density at radius 1 is 1.14 bits per heavy atom. The first-order valence-corrected chi connectivity index (χ1v) is 4.44. The van der Waals surface area contributed by atoms with Crippen LogP contribution in [0.5, 0.6) is 0 Å². The van der Waals surface area contributed by atoms with Gasteiger partial charge in [-0.3, -0.25) is 4.98 Å². The van der Waals surface area contributed by atoms with Gasteiger partial charge in [0.2, 0.25) is 0 Å². The number of benzene rings is 1. The molecule has 0 unspecified atom stereocenters. The zero-order valence-electron chi connectivity index (χ0n) is 7.87. The van der Waals surface area contributed by atoms with Gasteiger partial charge in [0.05, 0.1) is 6.20 Å². The van der Waals surface area contributed by atoms with Gasteiger partial charge < -0.3 is 0 Å². The van der Waals surface area contributed by atoms with E-state index >= 15 is 0 Å². The molecule has 0 aliphatic heterocycles. The van der Waals surface area contributed by atoms with E-state index in [2.05, 4.69) is 4.98 Å². The fourth-order valence-corrected chi connectivity index (χ4v) is 1.46. The molecule has 1 heterocycles. The summed E-state index contributed by atoms with van der Waals surface area (Å²) in [6.07, 6.45) is 2.88. The SMILES string of the molecule is Cc1ccccc1-c1cncc(F)c1. The Morgan fingerprint density at radius 2 is 1.93 bits per heavy atom. The quantitative estimate of drug-likeness (QED) is 0.668. The van der Waals surface area contributed by atoms with E-state index in [1.807, 2.05) is 31.2 Å². The van der Waals surface area contributed by atoms with E-state index in [9.17, 15) is 4.39 Å². The number of halogens is 1. The Balaban J connectivity index is 2.55. The summed E-state index contributed by atoms with van der Waals surface area (Å²) >= 11 is 0. The van der Waals surface area contributed by atoms with E-state index in [1.165, 1.54) is 12.3 Å². The molecule has 2 rings (SSSR count). The second-order valence-electron chi connectivity index (χ2n) is 3.21. The normalized spacial score (nSPS) is 10.1. The lowest BCUT2D eigenvalue weighted by atomic mass is 10.0. The maximum atomic E-state index is 12.9. The average molecular weight is 187 g/mol. The first kappa shape index (κ1) is 8.88. The standard InChI is InChI=1S/C12H10FN/c1-9-4-2-3-5-12(9)10-6-11(13)8-14-7-10/h2-8H,1H3. The number of hydrogen-bond acceptors (Lipinski definition) is 1. The number of aryl methyl sites for hydroxylation is 1. The van der Waals surface area contributed by atoms with Crippen LogP contribution >= 0.6 is 0 Å². The summed E-state index contributed by atoms with van der Waals surface area (Å²) in [5.41, 5.74) is 2.97. The molecule has 0 spiro atoms. The van der Waals surface area contributed by atoms with E-state index < -0.39 is 0 Å². The highest BCUT2D eigenvalue weighted by molar-refractivity contribution is 5.65. The minimum absolute atomic E-state index is 0.300. The van der Waals surface area contributed by atoms with Crippen LogP contribution < -0.4 is 0 Å². The van der Waals surface area contributed by atoms with Gasteiger partial charge in [0, 0.05) is 11.8 Å². The molecule has 70 valence electrons. The Kier molecular flexibility index (Phi) is 2.27. The van der Waals surface area contributed by atoms with Crippen LogP contribution in [0.4, 0.5) is 4.39 Å². The molecule has 0 amide bonds. The first-order valence-electron chi connectivity index (χ1n) is 4.44. The van der Waals surface area contributed by atoms with Crippen molar-refractivity contribution in [3.63, 3.8) is 0 Å². The summed E-state index contributed by atoms with van der Waals surface area (Å²) in [7, 11) is 0. The summed E-state index contributed by atoms with van der Waals surface area (Å²) < 4.78 is 12.9. The molecule has 1 aromatic heterocycles. The van der Waals surface area contributed by atoms with Gasteiger partial charge in [-0.2, -0.15) is 0 Å². The van der Waals surface area contributed by atoms with Crippen molar-refractivity contribution in [3.05, 3.63) is 54.1 Å². The molecule has 0 radical (unpaired) electrons. The predicted octanol–water partition coefficient (Wildman–Crippen LogP) is 3.20. The highest BCUT2D eigenvalue weighted by Crippen LogP contribution is 2.22. The highest BCUT2D eigenvalue weighted by atomic mass is 19.1. The zero-order valence-corrected chi connectivity index (χ0v) is 7.87. The zero-order chi connectivity index (χ0) is 9.97. The molecule has 0 N–H and O–H groups in total. The van der Waals surface area contributed by atoms with Crippen molar-refractivity contribution in [2.45, 2.75) is 6.92 Å². The van der Waals surface area contributed by atoms with Crippen LogP contribution in [0, 0.1) is 12.7 Å². The van der Waals surface area contributed by atoms with E-state index in [0.29, 0.717) is 0 Å². The summed E-state index contributed by atoms with van der Waals surface area (Å²) in [4.78, 5) is 3.83. The van der Waals surface area contributed by atoms with Crippen LogP contribution in [0.1, 0.15) is 5.56 Å². The molecule has 1 aromatic carbocycles. The summed E-state index contributed by atoms with van der Waals surface area (Å²) in [6.45, 7) is 2.00. The van der Waals surface area contributed by atoms with Crippen LogP contribution in [-0.2, 0) is 0 Å². The lowest BCUT2D eigenvalue weighted by molar-refractivity contribution is 0.622. The van der Waals surface area contributed by atoms with Gasteiger partial charge >= 0.3 is 0 Å². The highest BCUT2D eigenvalue weighted by Gasteiger charge is 2.01. The summed E-state index contributed by atoms with van der Waals surface area (Å²) in [5, 5.41) is 0. The Bertz CT molecular complexity index is 452. The minimum Gasteiger partial charge on any atom is -0.261 e. The largest absolute Gasteiger partial charge is 0.261 e. The van der Waals surface area contributed by atoms with Crippen molar-refractivity contribution in [1.29, 1.82) is 0 Å². The summed E-state index contributed by atoms with van der Waals surface area (Å²) in [5.74, 6) is -0.300. The molecule has 0 aliphatic rings. The van der Waals surface area contributed by atoms with Crippen LogP contribution in [0.2, 0.25) is 0 Å². The molecule has 0 saturated heterocycles. The fraction of sp³-hybridized carbons (Fsp3) is 0.0833. The Morgan fingerprint density at radius 3 is 2.64 bits per heavy atom. The predicted molar refractivity (Wildman–Crippen MR) is 54.4 cm³/mol. The van der Waals surface area contributed by atoms with Gasteiger partial charge in [-0.25, -0.2) is 4.39 Å². The molecule has 2 heteroatoms. The smallest absolute Gasteiger partial charge is 0.142 e. The number of aromatic nitrogens is 1. The fourth-order valence-electron chi connectivity index (χ4n) is 1.46. The van der Waals surface area contributed by atoms with Crippen molar-refractivity contribution >= 4 is 0 Å². The lowest BCUT2D eigenvalue weighted by Gasteiger charge is -2.04. The van der Waals surface area contributed by atoms with Crippen LogP contribution in [-0.4, -0.2) is 4.98 Å². The van der Waals surface area contributed by atoms with Gasteiger partial charge in [0.25, 0.3) is 0 Å². The van der Waals surface area contributed by atoms with Gasteiger partial charge in [-0.15, -0.1) is 0 Å². The Hall–Kier alpha value is -1.70. The third-order valence-electron chi connectivity index (χ3n) is 2.16. The average Bonchev–Trinajstić information content (AvgIpc) is 2.18. The van der Waals surface area contributed by atoms with E-state index in [1.54, 1.807) is 6.20 Å². The molecule has 0 bridgehead atoms. The van der Waals surface area contributed by atoms with Crippen molar-refractivity contribution in [2.24, 2.45) is 0 Å². The monoisotopic (exact) mass is 187 g/mol. The topological polar surface area (TPSA) is 12.9 Å². The molecule has 0 aliphatic carbocycles. The van der Waals surface area contributed by atoms with E-state index in [0.717, 1.165) is 16.7 Å². The second-order valence-corrected chi connectivity index (χ2v) is 3.21. The molecule has 0 fully saturated rings. The van der Waals surface area contributed by atoms with Gasteiger partial charge in [-0.05, 0) is 24.1 Å². The van der Waals surface area contributed by atoms with Gasteiger partial charge in [-0.1, -0.05) is 24.3 Å². The van der Waals surface area contributed by atoms with Crippen molar-refractivity contribution in [3.8, 4) is 11.1 Å². The van der Waals surface area contributed by atoms with E-state index in [-0.39, 0.29) is 5.82 Å². The maximum absolute atomic E-state index is 12.9.